The van der Waals surface area contributed by atoms with Crippen LogP contribution in [-0.2, 0) is 22.5 Å². The van der Waals surface area contributed by atoms with Gasteiger partial charge in [0.25, 0.3) is 0 Å². The normalized spacial score (nSPS) is 18.5. The smallest absolute Gasteiger partial charge is 0.410 e. The number of carbonyl (C=O) groups is 1. The van der Waals surface area contributed by atoms with Crippen molar-refractivity contribution in [1.82, 2.24) is 24.5 Å². The van der Waals surface area contributed by atoms with Gasteiger partial charge in [0, 0.05) is 30.9 Å². The second kappa shape index (κ2) is 11.0. The summed E-state index contributed by atoms with van der Waals surface area (Å²) in [6.45, 7) is 11.0. The number of halogens is 3. The molecule has 250 valence electrons. The number of carbonyl (C=O) groups excluding carboxylic acids is 2. The van der Waals surface area contributed by atoms with Crippen molar-refractivity contribution in [1.29, 1.82) is 0 Å². The highest BCUT2D eigenvalue weighted by Gasteiger charge is 2.44. The van der Waals surface area contributed by atoms with Crippen molar-refractivity contribution in [2.24, 2.45) is 0 Å². The zero-order valence-electron chi connectivity index (χ0n) is 27.6. The fourth-order valence-corrected chi connectivity index (χ4v) is 6.52. The van der Waals surface area contributed by atoms with Crippen LogP contribution in [0.2, 0.25) is 0 Å². The Hall–Kier alpha value is -5.03. The van der Waals surface area contributed by atoms with Gasteiger partial charge in [0.2, 0.25) is 5.82 Å². The quantitative estimate of drug-likeness (QED) is 0.215. The SMILES string of the molecule is Cc1cc(-n2nc3c(c2N2C=CN(c4ccc5c(cnn5CC5(F)CC5)c4F)C2=C=O)[C@H](C)N(C(=O)OC(C)(C)C)CC3)cc(C)c1F. The summed E-state index contributed by atoms with van der Waals surface area (Å²) in [7, 11) is 0. The van der Waals surface area contributed by atoms with E-state index in [1.165, 1.54) is 21.8 Å². The van der Waals surface area contributed by atoms with E-state index in [4.69, 9.17) is 9.84 Å². The van der Waals surface area contributed by atoms with Gasteiger partial charge in [-0.15, -0.1) is 0 Å². The molecule has 2 aromatic carbocycles. The maximum Gasteiger partial charge on any atom is 0.410 e. The van der Waals surface area contributed by atoms with Gasteiger partial charge in [-0.25, -0.2) is 27.4 Å². The Morgan fingerprint density at radius 1 is 1.08 bits per heavy atom. The van der Waals surface area contributed by atoms with Gasteiger partial charge in [0.05, 0.1) is 46.8 Å². The Labute approximate surface area is 275 Å². The second-order valence-corrected chi connectivity index (χ2v) is 13.8. The lowest BCUT2D eigenvalue weighted by Gasteiger charge is -2.35. The molecule has 0 radical (unpaired) electrons. The first-order valence-electron chi connectivity index (χ1n) is 15.9. The number of nitrogens with zero attached hydrogens (tertiary/aromatic N) is 7. The number of amides is 1. The number of ether oxygens (including phenoxy) is 1. The number of benzene rings is 2. The number of fused-ring (bicyclic) bond motifs is 2. The van der Waals surface area contributed by atoms with Gasteiger partial charge in [0.15, 0.2) is 11.8 Å². The summed E-state index contributed by atoms with van der Waals surface area (Å²) in [5.74, 6) is 1.37. The number of rotatable bonds is 5. The van der Waals surface area contributed by atoms with Crippen LogP contribution in [0.1, 0.15) is 69.0 Å². The van der Waals surface area contributed by atoms with Gasteiger partial charge >= 0.3 is 6.09 Å². The van der Waals surface area contributed by atoms with Gasteiger partial charge in [-0.05, 0) is 89.8 Å². The van der Waals surface area contributed by atoms with Crippen LogP contribution in [-0.4, -0.2) is 54.3 Å². The van der Waals surface area contributed by atoms with Gasteiger partial charge in [-0.1, -0.05) is 0 Å². The highest BCUT2D eigenvalue weighted by Crippen LogP contribution is 2.44. The molecule has 10 nitrogen and oxygen atoms in total. The van der Waals surface area contributed by atoms with E-state index in [2.05, 4.69) is 5.10 Å². The Bertz CT molecular complexity index is 2040. The van der Waals surface area contributed by atoms with Crippen LogP contribution in [0, 0.1) is 25.5 Å². The molecular weight excluding hydrogens is 623 g/mol. The molecule has 13 heteroatoms. The molecule has 3 aliphatic rings. The third-order valence-corrected chi connectivity index (χ3v) is 9.11. The minimum atomic E-state index is -1.32. The monoisotopic (exact) mass is 659 g/mol. The van der Waals surface area contributed by atoms with Crippen molar-refractivity contribution < 1.29 is 27.5 Å². The molecule has 4 heterocycles. The highest BCUT2D eigenvalue weighted by molar-refractivity contribution is 5.87. The Morgan fingerprint density at radius 3 is 2.42 bits per heavy atom. The summed E-state index contributed by atoms with van der Waals surface area (Å²) < 4.78 is 54.2. The molecule has 4 aromatic rings. The van der Waals surface area contributed by atoms with E-state index in [0.717, 1.165) is 0 Å². The maximum atomic E-state index is 16.1. The average molecular weight is 660 g/mol. The minimum Gasteiger partial charge on any atom is -0.444 e. The average Bonchev–Trinajstić information content (AvgIpc) is 3.34. The zero-order chi connectivity index (χ0) is 34.3. The number of alkyl halides is 1. The van der Waals surface area contributed by atoms with E-state index in [1.807, 2.05) is 12.9 Å². The molecular formula is C35H36F3N7O3. The number of aryl methyl sites for hydroxylation is 2. The molecule has 0 unspecified atom stereocenters. The topological polar surface area (TPSA) is 88.7 Å². The Kier molecular flexibility index (Phi) is 7.24. The van der Waals surface area contributed by atoms with Gasteiger partial charge < -0.3 is 9.64 Å². The third-order valence-electron chi connectivity index (χ3n) is 9.11. The Morgan fingerprint density at radius 2 is 1.77 bits per heavy atom. The van der Waals surface area contributed by atoms with E-state index >= 15 is 4.39 Å². The van der Waals surface area contributed by atoms with Crippen LogP contribution in [0.3, 0.4) is 0 Å². The minimum absolute atomic E-state index is 0.0438. The van der Waals surface area contributed by atoms with Crippen molar-refractivity contribution in [2.75, 3.05) is 16.3 Å². The fourth-order valence-electron chi connectivity index (χ4n) is 6.52. The number of anilines is 2. The van der Waals surface area contributed by atoms with Crippen molar-refractivity contribution in [3.8, 4) is 5.69 Å². The fraction of sp³-hybridized carbons (Fsp3) is 0.400. The van der Waals surface area contributed by atoms with Crippen LogP contribution in [0.4, 0.5) is 29.5 Å². The van der Waals surface area contributed by atoms with Crippen LogP contribution < -0.4 is 9.80 Å². The predicted molar refractivity (Wildman–Crippen MR) is 174 cm³/mol. The summed E-state index contributed by atoms with van der Waals surface area (Å²) in [6.07, 6.45) is 5.30. The van der Waals surface area contributed by atoms with Gasteiger partial charge in [-0.2, -0.15) is 10.2 Å². The Balaban J connectivity index is 1.32. The number of hydrogen-bond acceptors (Lipinski definition) is 7. The molecule has 0 saturated heterocycles. The molecule has 1 fully saturated rings. The molecule has 48 heavy (non-hydrogen) atoms. The van der Waals surface area contributed by atoms with Crippen molar-refractivity contribution >= 4 is 34.4 Å². The van der Waals surface area contributed by atoms with Crippen LogP contribution >= 0.6 is 0 Å². The number of aromatic nitrogens is 4. The molecule has 1 atom stereocenters. The predicted octanol–water partition coefficient (Wildman–Crippen LogP) is 6.94. The van der Waals surface area contributed by atoms with Crippen LogP contribution in [0.5, 0.6) is 0 Å². The molecule has 2 aromatic heterocycles. The van der Waals surface area contributed by atoms with E-state index in [1.54, 1.807) is 79.7 Å². The summed E-state index contributed by atoms with van der Waals surface area (Å²) in [4.78, 5) is 30.6. The summed E-state index contributed by atoms with van der Waals surface area (Å²) in [6, 6.07) is 5.97. The van der Waals surface area contributed by atoms with E-state index in [-0.39, 0.29) is 29.3 Å². The standard InChI is InChI=1S/C35H36F3N7O3/c1-20-15-23(16-21(2)30(20)36)45-32(29-22(3)41(12-9-25(29)40-45)33(47)48-34(4,5)6)43-14-13-42(28(43)18-46)27-8-7-26-24(31(27)37)17-39-44(26)19-35(38)10-11-35/h7-8,13-17,22H,9-12,19H2,1-6H3/t22-/m0/s1. The van der Waals surface area contributed by atoms with Gasteiger partial charge in [0.1, 0.15) is 22.9 Å². The molecule has 0 N–H and O–H groups in total. The molecule has 2 aliphatic heterocycles. The molecule has 7 rings (SSSR count). The summed E-state index contributed by atoms with van der Waals surface area (Å²) in [5, 5.41) is 9.34. The molecule has 0 spiro atoms. The first-order chi connectivity index (χ1) is 22.7. The first-order valence-corrected chi connectivity index (χ1v) is 15.9. The lowest BCUT2D eigenvalue weighted by atomic mass is 9.99. The van der Waals surface area contributed by atoms with Crippen LogP contribution in [0.15, 0.2) is 48.7 Å². The highest BCUT2D eigenvalue weighted by atomic mass is 19.1. The second-order valence-electron chi connectivity index (χ2n) is 13.8. The summed E-state index contributed by atoms with van der Waals surface area (Å²) >= 11 is 0. The van der Waals surface area contributed by atoms with Crippen molar-refractivity contribution in [2.45, 2.75) is 84.7 Å². The van der Waals surface area contributed by atoms with E-state index in [0.29, 0.717) is 65.2 Å². The molecule has 1 aliphatic carbocycles. The van der Waals surface area contributed by atoms with E-state index < -0.39 is 29.2 Å². The molecule has 1 saturated carbocycles. The lowest BCUT2D eigenvalue weighted by molar-refractivity contribution is 0.0160. The molecule has 0 bridgehead atoms. The maximum absolute atomic E-state index is 16.1. The van der Waals surface area contributed by atoms with Gasteiger partial charge in [-0.3, -0.25) is 14.5 Å². The molecule has 1 amide bonds. The summed E-state index contributed by atoms with van der Waals surface area (Å²) in [5.41, 5.74) is 1.19. The largest absolute Gasteiger partial charge is 0.444 e. The first kappa shape index (κ1) is 31.6. The third kappa shape index (κ3) is 5.22. The van der Waals surface area contributed by atoms with Crippen molar-refractivity contribution in [3.63, 3.8) is 0 Å². The lowest BCUT2D eigenvalue weighted by Crippen LogP contribution is -2.42. The van der Waals surface area contributed by atoms with E-state index in [9.17, 15) is 18.4 Å². The van der Waals surface area contributed by atoms with Crippen molar-refractivity contribution in [3.05, 3.63) is 82.7 Å². The number of hydrogen-bond donors (Lipinski definition) is 0. The zero-order valence-corrected chi connectivity index (χ0v) is 27.6. The van der Waals surface area contributed by atoms with Crippen LogP contribution in [0.25, 0.3) is 16.6 Å².